The van der Waals surface area contributed by atoms with Gasteiger partial charge in [0.05, 0.1) is 37.3 Å². The van der Waals surface area contributed by atoms with Crippen LogP contribution in [0.15, 0.2) is 55.9 Å². The maximum Gasteiger partial charge on any atom is 0.267 e. The molecule has 2 N–H and O–H groups in total. The fourth-order valence-electron chi connectivity index (χ4n) is 4.43. The molecule has 0 radical (unpaired) electrons. The minimum Gasteiger partial charge on any atom is -0.502 e. The maximum atomic E-state index is 13.8. The van der Waals surface area contributed by atoms with E-state index in [1.807, 2.05) is 24.3 Å². The number of carbonyl (C=O) groups is 1. The zero-order valence-electron chi connectivity index (χ0n) is 21.2. The van der Waals surface area contributed by atoms with Gasteiger partial charge in [0, 0.05) is 14.9 Å². The minimum absolute atomic E-state index is 0.000869. The number of aryl methyl sites for hydroxylation is 2. The monoisotopic (exact) mass is 628 g/mol. The number of hydrazone groups is 1. The first-order valence-corrected chi connectivity index (χ1v) is 14.7. The van der Waals surface area contributed by atoms with Gasteiger partial charge in [-0.2, -0.15) is 5.10 Å². The van der Waals surface area contributed by atoms with Gasteiger partial charge in [-0.15, -0.1) is 11.3 Å². The van der Waals surface area contributed by atoms with Crippen molar-refractivity contribution in [3.63, 3.8) is 0 Å². The number of carbonyl (C=O) groups excluding carboxylic acids is 1. The predicted molar refractivity (Wildman–Crippen MR) is 157 cm³/mol. The van der Waals surface area contributed by atoms with Crippen LogP contribution < -0.4 is 20.5 Å². The summed E-state index contributed by atoms with van der Waals surface area (Å²) in [4.78, 5) is 33.3. The first-order valence-electron chi connectivity index (χ1n) is 12.1. The van der Waals surface area contributed by atoms with E-state index in [1.165, 1.54) is 37.1 Å². The summed E-state index contributed by atoms with van der Waals surface area (Å²) >= 11 is 6.21. The molecule has 0 spiro atoms. The van der Waals surface area contributed by atoms with Gasteiger partial charge < -0.3 is 14.6 Å². The molecule has 0 atom stereocenters. The van der Waals surface area contributed by atoms with Crippen molar-refractivity contribution >= 4 is 61.4 Å². The van der Waals surface area contributed by atoms with Crippen molar-refractivity contribution in [2.24, 2.45) is 5.10 Å². The molecule has 2 aromatic carbocycles. The molecule has 1 aliphatic rings. The third kappa shape index (κ3) is 5.68. The van der Waals surface area contributed by atoms with E-state index in [9.17, 15) is 14.7 Å². The second kappa shape index (κ2) is 11.8. The van der Waals surface area contributed by atoms with Crippen LogP contribution in [0.2, 0.25) is 0 Å². The van der Waals surface area contributed by atoms with Crippen LogP contribution in [-0.2, 0) is 17.6 Å². The molecule has 1 aliphatic carbocycles. The highest BCUT2D eigenvalue weighted by molar-refractivity contribution is 9.10. The predicted octanol–water partition coefficient (Wildman–Crippen LogP) is 5.05. The van der Waals surface area contributed by atoms with E-state index >= 15 is 0 Å². The molecule has 202 valence electrons. The number of methoxy groups -OCH3 is 2. The molecule has 4 aromatic rings. The molecule has 9 nitrogen and oxygen atoms in total. The summed E-state index contributed by atoms with van der Waals surface area (Å²) in [5.74, 6) is -0.0405. The summed E-state index contributed by atoms with van der Waals surface area (Å²) in [7, 11) is 2.86. The van der Waals surface area contributed by atoms with Gasteiger partial charge in [-0.1, -0.05) is 27.7 Å². The number of rotatable bonds is 8. The van der Waals surface area contributed by atoms with Crippen LogP contribution in [0.4, 0.5) is 0 Å². The van der Waals surface area contributed by atoms with Gasteiger partial charge in [0.1, 0.15) is 4.83 Å². The Morgan fingerprint density at radius 3 is 2.59 bits per heavy atom. The highest BCUT2D eigenvalue weighted by Crippen LogP contribution is 2.37. The Morgan fingerprint density at radius 1 is 1.21 bits per heavy atom. The average molecular weight is 630 g/mol. The van der Waals surface area contributed by atoms with Gasteiger partial charge in [-0.3, -0.25) is 14.2 Å². The summed E-state index contributed by atoms with van der Waals surface area (Å²) in [5, 5.41) is 15.2. The van der Waals surface area contributed by atoms with E-state index in [2.05, 4.69) is 26.5 Å². The fourth-order valence-corrected chi connectivity index (χ4v) is 6.80. The number of phenolic OH excluding ortho intramolecular Hbond substituents is 1. The highest BCUT2D eigenvalue weighted by Gasteiger charge is 2.23. The first-order chi connectivity index (χ1) is 18.9. The van der Waals surface area contributed by atoms with Crippen molar-refractivity contribution in [2.45, 2.75) is 30.8 Å². The summed E-state index contributed by atoms with van der Waals surface area (Å²) in [6.45, 7) is 0. The largest absolute Gasteiger partial charge is 0.502 e. The zero-order valence-corrected chi connectivity index (χ0v) is 24.4. The van der Waals surface area contributed by atoms with Gasteiger partial charge in [-0.05, 0) is 67.6 Å². The second-order valence-electron chi connectivity index (χ2n) is 8.76. The van der Waals surface area contributed by atoms with Gasteiger partial charge in [0.25, 0.3) is 11.5 Å². The maximum absolute atomic E-state index is 13.8. The van der Waals surface area contributed by atoms with Crippen LogP contribution in [0, 0.1) is 0 Å². The Bertz CT molecular complexity index is 1610. The van der Waals surface area contributed by atoms with Crippen LogP contribution in [0.1, 0.15) is 28.8 Å². The SMILES string of the molecule is COc1cc(/C=N/NC(=O)CSc2nc3sc4c(c3c(=O)n2-c2ccc(Br)cc2)CCCC4)cc(OC)c1O. The molecule has 0 unspecified atom stereocenters. The number of benzene rings is 2. The number of amides is 1. The quantitative estimate of drug-likeness (QED) is 0.121. The van der Waals surface area contributed by atoms with E-state index in [-0.39, 0.29) is 34.5 Å². The third-order valence-corrected chi connectivity index (χ3v) is 8.93. The van der Waals surface area contributed by atoms with E-state index < -0.39 is 0 Å². The van der Waals surface area contributed by atoms with Crippen molar-refractivity contribution in [3.8, 4) is 22.9 Å². The molecule has 2 heterocycles. The molecule has 0 aliphatic heterocycles. The molecular formula is C27H25BrN4O5S2. The molecule has 0 fully saturated rings. The Balaban J connectivity index is 1.39. The number of nitrogens with one attached hydrogen (secondary N) is 1. The van der Waals surface area contributed by atoms with Crippen LogP contribution in [0.3, 0.4) is 0 Å². The van der Waals surface area contributed by atoms with Gasteiger partial charge >= 0.3 is 0 Å². The third-order valence-electron chi connectivity index (χ3n) is 6.28. The number of phenols is 1. The van der Waals surface area contributed by atoms with Crippen molar-refractivity contribution < 1.29 is 19.4 Å². The number of nitrogens with zero attached hydrogens (tertiary/aromatic N) is 3. The molecule has 39 heavy (non-hydrogen) atoms. The van der Waals surface area contributed by atoms with Gasteiger partial charge in [0.2, 0.25) is 5.75 Å². The molecule has 5 rings (SSSR count). The lowest BCUT2D eigenvalue weighted by Crippen LogP contribution is -2.24. The minimum atomic E-state index is -0.365. The lowest BCUT2D eigenvalue weighted by Gasteiger charge is -2.13. The summed E-state index contributed by atoms with van der Waals surface area (Å²) in [5.41, 5.74) is 4.75. The van der Waals surface area contributed by atoms with Crippen molar-refractivity contribution in [1.82, 2.24) is 15.0 Å². The molecule has 1 amide bonds. The molecule has 0 saturated carbocycles. The Labute approximate surface area is 241 Å². The Morgan fingerprint density at radius 2 is 1.90 bits per heavy atom. The standard InChI is InChI=1S/C27H25BrN4O5S2/c1-36-19-11-15(12-20(37-2)24(19)34)13-29-31-22(33)14-38-27-30-25-23(18-5-3-4-6-21(18)39-25)26(35)32(27)17-9-7-16(28)8-10-17/h7-13,34H,3-6,14H2,1-2H3,(H,31,33)/b29-13+. The lowest BCUT2D eigenvalue weighted by molar-refractivity contribution is -0.118. The second-order valence-corrected chi connectivity index (χ2v) is 11.7. The van der Waals surface area contributed by atoms with E-state index in [1.54, 1.807) is 28.0 Å². The first kappa shape index (κ1) is 27.2. The van der Waals surface area contributed by atoms with Gasteiger partial charge in [0.15, 0.2) is 16.7 Å². The number of thioether (sulfide) groups is 1. The number of ether oxygens (including phenoxy) is 2. The number of fused-ring (bicyclic) bond motifs is 3. The number of hydrogen-bond donors (Lipinski definition) is 2. The van der Waals surface area contributed by atoms with E-state index in [0.29, 0.717) is 21.8 Å². The number of halogens is 1. The normalized spacial score (nSPS) is 13.0. The Kier molecular flexibility index (Phi) is 8.24. The van der Waals surface area contributed by atoms with Crippen LogP contribution >= 0.6 is 39.0 Å². The smallest absolute Gasteiger partial charge is 0.267 e. The fraction of sp³-hybridized carbons (Fsp3) is 0.259. The highest BCUT2D eigenvalue weighted by atomic mass is 79.9. The van der Waals surface area contributed by atoms with Crippen LogP contribution in [0.25, 0.3) is 15.9 Å². The molecule has 0 saturated heterocycles. The number of thiophene rings is 1. The van der Waals surface area contributed by atoms with Crippen LogP contribution in [-0.4, -0.2) is 46.8 Å². The topological polar surface area (TPSA) is 115 Å². The average Bonchev–Trinajstić information content (AvgIpc) is 3.32. The van der Waals surface area contributed by atoms with Crippen molar-refractivity contribution in [3.05, 3.63) is 67.2 Å². The Hall–Kier alpha value is -3.35. The number of aromatic hydroxyl groups is 1. The molecular weight excluding hydrogens is 604 g/mol. The van der Waals surface area contributed by atoms with Crippen molar-refractivity contribution in [1.29, 1.82) is 0 Å². The summed E-state index contributed by atoms with van der Waals surface area (Å²) in [6, 6.07) is 10.6. The molecule has 0 bridgehead atoms. The van der Waals surface area contributed by atoms with Crippen molar-refractivity contribution in [2.75, 3.05) is 20.0 Å². The number of aromatic nitrogens is 2. The zero-order chi connectivity index (χ0) is 27.5. The number of hydrogen-bond acceptors (Lipinski definition) is 9. The van der Waals surface area contributed by atoms with E-state index in [4.69, 9.17) is 14.5 Å². The van der Waals surface area contributed by atoms with Crippen LogP contribution in [0.5, 0.6) is 17.2 Å². The lowest BCUT2D eigenvalue weighted by atomic mass is 9.97. The molecule has 2 aromatic heterocycles. The molecule has 12 heteroatoms. The van der Waals surface area contributed by atoms with Gasteiger partial charge in [-0.25, -0.2) is 10.4 Å². The van der Waals surface area contributed by atoms with E-state index in [0.717, 1.165) is 40.5 Å². The summed E-state index contributed by atoms with van der Waals surface area (Å²) < 4.78 is 12.8. The summed E-state index contributed by atoms with van der Waals surface area (Å²) in [6.07, 6.45) is 5.46.